The van der Waals surface area contributed by atoms with Gasteiger partial charge in [-0.2, -0.15) is 0 Å². The Balaban J connectivity index is 2.04. The summed E-state index contributed by atoms with van der Waals surface area (Å²) in [6.45, 7) is 4.25. The van der Waals surface area contributed by atoms with Crippen LogP contribution in [-0.2, 0) is 0 Å². The van der Waals surface area contributed by atoms with Crippen molar-refractivity contribution >= 4 is 42.2 Å². The fraction of sp³-hybridized carbons (Fsp3) is 0.158. The van der Waals surface area contributed by atoms with Gasteiger partial charge in [0.05, 0.1) is 47.6 Å². The zero-order chi connectivity index (χ0) is 20.3. The van der Waals surface area contributed by atoms with Crippen LogP contribution in [0, 0.1) is 0 Å². The monoisotopic (exact) mass is 415 g/mol. The van der Waals surface area contributed by atoms with Gasteiger partial charge in [0.2, 0.25) is 0 Å². The molecule has 0 bridgehead atoms. The van der Waals surface area contributed by atoms with Gasteiger partial charge in [-0.05, 0) is 31.5 Å². The van der Waals surface area contributed by atoms with E-state index in [2.05, 4.69) is 33.6 Å². The highest BCUT2D eigenvalue weighted by Crippen LogP contribution is 2.37. The number of rotatable bonds is 6. The van der Waals surface area contributed by atoms with Gasteiger partial charge in [-0.25, -0.2) is 4.98 Å². The van der Waals surface area contributed by atoms with Crippen LogP contribution in [0.1, 0.15) is 10.4 Å². The summed E-state index contributed by atoms with van der Waals surface area (Å²) in [6, 6.07) is 7.10. The zero-order valence-electron chi connectivity index (χ0n) is 15.6. The lowest BCUT2D eigenvalue weighted by Crippen LogP contribution is -2.14. The molecule has 0 fully saturated rings. The first-order valence-corrected chi connectivity index (χ1v) is 10.9. The average molecular weight is 416 g/mol. The van der Waals surface area contributed by atoms with Crippen LogP contribution in [0.3, 0.4) is 0 Å². The number of methoxy groups -OCH3 is 1. The second kappa shape index (κ2) is 8.50. The van der Waals surface area contributed by atoms with E-state index < -0.39 is 5.91 Å². The lowest BCUT2D eigenvalue weighted by atomic mass is 10.1. The summed E-state index contributed by atoms with van der Waals surface area (Å²) in [5.74, 6) is -0.0537. The molecule has 0 aliphatic rings. The van der Waals surface area contributed by atoms with E-state index in [1.165, 1.54) is 12.3 Å². The van der Waals surface area contributed by atoms with Crippen LogP contribution < -0.4 is 21.2 Å². The molecule has 0 saturated carbocycles. The number of hydrogen-bond acceptors (Lipinski definition) is 6. The number of para-hydroxylation sites is 1. The summed E-state index contributed by atoms with van der Waals surface area (Å²) >= 11 is 5.98. The maximum absolute atomic E-state index is 11.7. The third-order valence-electron chi connectivity index (χ3n) is 4.00. The number of primary amides is 1. The summed E-state index contributed by atoms with van der Waals surface area (Å²) in [5.41, 5.74) is 9.15. The highest BCUT2D eigenvalue weighted by Gasteiger charge is 2.16. The Bertz CT molecular complexity index is 1010. The van der Waals surface area contributed by atoms with Crippen molar-refractivity contribution in [3.63, 3.8) is 0 Å². The maximum atomic E-state index is 11.7. The molecule has 1 aromatic carbocycles. The number of aromatic nitrogens is 3. The number of anilines is 2. The SMILES string of the molecule is COc1c(Nc2cc(Cl)ncc2C(N)=O)cccc1-c1cnc(P(C)C)cn1. The lowest BCUT2D eigenvalue weighted by molar-refractivity contribution is 0.100. The van der Waals surface area contributed by atoms with E-state index in [-0.39, 0.29) is 18.6 Å². The smallest absolute Gasteiger partial charge is 0.252 e. The Labute approximate surface area is 169 Å². The van der Waals surface area contributed by atoms with Gasteiger partial charge in [0.25, 0.3) is 5.91 Å². The van der Waals surface area contributed by atoms with Gasteiger partial charge < -0.3 is 15.8 Å². The van der Waals surface area contributed by atoms with Crippen LogP contribution in [0.2, 0.25) is 5.15 Å². The summed E-state index contributed by atoms with van der Waals surface area (Å²) in [7, 11) is 1.25. The van der Waals surface area contributed by atoms with Gasteiger partial charge >= 0.3 is 0 Å². The fourth-order valence-electron chi connectivity index (χ4n) is 2.62. The molecule has 0 atom stereocenters. The molecule has 1 amide bonds. The number of carbonyl (C=O) groups is 1. The third kappa shape index (κ3) is 4.21. The second-order valence-corrected chi connectivity index (χ2v) is 8.72. The van der Waals surface area contributed by atoms with E-state index in [9.17, 15) is 4.79 Å². The molecule has 144 valence electrons. The minimum absolute atomic E-state index is 0.222. The zero-order valence-corrected chi connectivity index (χ0v) is 17.3. The first kappa shape index (κ1) is 20.0. The molecule has 0 radical (unpaired) electrons. The fourth-order valence-corrected chi connectivity index (χ4v) is 3.36. The lowest BCUT2D eigenvalue weighted by Gasteiger charge is -2.16. The average Bonchev–Trinajstić information content (AvgIpc) is 2.67. The van der Waals surface area contributed by atoms with Crippen molar-refractivity contribution in [1.82, 2.24) is 15.0 Å². The molecule has 0 saturated heterocycles. The Morgan fingerprint density at radius 3 is 2.54 bits per heavy atom. The van der Waals surface area contributed by atoms with Crippen molar-refractivity contribution in [3.8, 4) is 17.0 Å². The molecule has 3 rings (SSSR count). The number of ether oxygens (including phenoxy) is 1. The van der Waals surface area contributed by atoms with E-state index in [1.807, 2.05) is 18.2 Å². The standard InChI is InChI=1S/C19H19ClN5O2P/c1-27-18-11(15-9-24-17(10-22-15)28(2)3)5-4-6-13(18)25-14-7-16(20)23-8-12(14)19(21)26/h4-10H,1-3H3,(H2,21,26)(H,23,25). The van der Waals surface area contributed by atoms with Crippen molar-refractivity contribution in [1.29, 1.82) is 0 Å². The minimum atomic E-state index is -0.612. The highest BCUT2D eigenvalue weighted by atomic mass is 35.5. The van der Waals surface area contributed by atoms with Crippen LogP contribution >= 0.6 is 19.5 Å². The number of amides is 1. The molecule has 7 nitrogen and oxygen atoms in total. The molecule has 9 heteroatoms. The third-order valence-corrected chi connectivity index (χ3v) is 5.35. The second-order valence-electron chi connectivity index (χ2n) is 6.08. The molecule has 2 heterocycles. The van der Waals surface area contributed by atoms with E-state index >= 15 is 0 Å². The Kier molecular flexibility index (Phi) is 6.07. The van der Waals surface area contributed by atoms with Crippen molar-refractivity contribution in [2.75, 3.05) is 25.8 Å². The van der Waals surface area contributed by atoms with Crippen LogP contribution in [0.15, 0.2) is 42.9 Å². The maximum Gasteiger partial charge on any atom is 0.252 e. The van der Waals surface area contributed by atoms with Gasteiger partial charge in [0, 0.05) is 11.8 Å². The van der Waals surface area contributed by atoms with Gasteiger partial charge in [0.1, 0.15) is 5.15 Å². The number of pyridine rings is 1. The highest BCUT2D eigenvalue weighted by molar-refractivity contribution is 7.63. The van der Waals surface area contributed by atoms with Crippen molar-refractivity contribution in [2.24, 2.45) is 5.73 Å². The summed E-state index contributed by atoms with van der Waals surface area (Å²) in [6.07, 6.45) is 4.85. The molecule has 28 heavy (non-hydrogen) atoms. The van der Waals surface area contributed by atoms with Crippen molar-refractivity contribution in [3.05, 3.63) is 53.6 Å². The van der Waals surface area contributed by atoms with Gasteiger partial charge in [-0.1, -0.05) is 25.6 Å². The summed E-state index contributed by atoms with van der Waals surface area (Å²) in [5, 5.41) is 3.39. The molecule has 0 aliphatic carbocycles. The molecule has 3 N–H and O–H groups in total. The Morgan fingerprint density at radius 2 is 1.93 bits per heavy atom. The van der Waals surface area contributed by atoms with Gasteiger partial charge in [-0.15, -0.1) is 0 Å². The number of benzene rings is 1. The normalized spacial score (nSPS) is 10.8. The van der Waals surface area contributed by atoms with Crippen LogP contribution in [0.25, 0.3) is 11.3 Å². The number of nitrogens with one attached hydrogen (secondary N) is 1. The van der Waals surface area contributed by atoms with Crippen LogP contribution in [0.4, 0.5) is 11.4 Å². The number of hydrogen-bond donors (Lipinski definition) is 2. The van der Waals surface area contributed by atoms with E-state index in [0.717, 1.165) is 11.0 Å². The number of nitrogens with zero attached hydrogens (tertiary/aromatic N) is 3. The number of carbonyl (C=O) groups excluding carboxylic acids is 1. The van der Waals surface area contributed by atoms with E-state index in [4.69, 9.17) is 22.1 Å². The van der Waals surface area contributed by atoms with Gasteiger partial charge in [-0.3, -0.25) is 14.8 Å². The molecular weight excluding hydrogens is 397 g/mol. The van der Waals surface area contributed by atoms with Gasteiger partial charge in [0.15, 0.2) is 5.75 Å². The minimum Gasteiger partial charge on any atom is -0.494 e. The summed E-state index contributed by atoms with van der Waals surface area (Å²) < 4.78 is 5.62. The van der Waals surface area contributed by atoms with Crippen molar-refractivity contribution < 1.29 is 9.53 Å². The van der Waals surface area contributed by atoms with Crippen molar-refractivity contribution in [2.45, 2.75) is 0 Å². The number of nitrogens with two attached hydrogens (primary N) is 1. The van der Waals surface area contributed by atoms with Crippen LogP contribution in [0.5, 0.6) is 5.75 Å². The Morgan fingerprint density at radius 1 is 1.14 bits per heavy atom. The molecule has 2 aromatic heterocycles. The largest absolute Gasteiger partial charge is 0.494 e. The molecular formula is C19H19ClN5O2P. The molecule has 0 spiro atoms. The van der Waals surface area contributed by atoms with E-state index in [1.54, 1.807) is 19.5 Å². The van der Waals surface area contributed by atoms with E-state index in [0.29, 0.717) is 22.8 Å². The Hall–Kier alpha value is -2.76. The predicted octanol–water partition coefficient (Wildman–Crippen LogP) is 3.41. The van der Waals surface area contributed by atoms with Crippen LogP contribution in [-0.4, -0.2) is 41.3 Å². The summed E-state index contributed by atoms with van der Waals surface area (Å²) in [4.78, 5) is 24.6. The molecule has 3 aromatic rings. The predicted molar refractivity (Wildman–Crippen MR) is 113 cm³/mol. The topological polar surface area (TPSA) is 103 Å². The molecule has 0 aliphatic heterocycles. The number of halogens is 1. The first-order valence-electron chi connectivity index (χ1n) is 8.29. The molecule has 0 unspecified atom stereocenters. The first-order chi connectivity index (χ1) is 13.4. The quantitative estimate of drug-likeness (QED) is 0.472.